The second-order valence-electron chi connectivity index (χ2n) is 6.39. The Hall–Kier alpha value is -1.35. The van der Waals surface area contributed by atoms with Crippen molar-refractivity contribution in [1.82, 2.24) is 0 Å². The molecule has 1 aliphatic rings. The third-order valence-electron chi connectivity index (χ3n) is 4.34. The number of unbranched alkanes of at least 4 members (excludes halogenated alkanes) is 5. The quantitative estimate of drug-likeness (QED) is 0.302. The Labute approximate surface area is 140 Å². The first kappa shape index (κ1) is 18.0. The molecule has 0 N–H and O–H groups in total. The van der Waals surface area contributed by atoms with E-state index in [-0.39, 0.29) is 5.97 Å². The number of hydrogen-bond donors (Lipinski definition) is 0. The van der Waals surface area contributed by atoms with Gasteiger partial charge in [0.25, 0.3) is 0 Å². The van der Waals surface area contributed by atoms with Crippen LogP contribution in [0.25, 0.3) is 0 Å². The van der Waals surface area contributed by atoms with Crippen LogP contribution in [-0.4, -0.2) is 18.7 Å². The van der Waals surface area contributed by atoms with Crippen LogP contribution in [0.4, 0.5) is 0 Å². The molecule has 23 heavy (non-hydrogen) atoms. The molecule has 0 spiro atoms. The highest BCUT2D eigenvalue weighted by atomic mass is 16.6. The third-order valence-corrected chi connectivity index (χ3v) is 4.34. The van der Waals surface area contributed by atoms with Crippen molar-refractivity contribution in [2.24, 2.45) is 0 Å². The number of carbonyl (C=O) groups is 1. The van der Waals surface area contributed by atoms with Crippen LogP contribution >= 0.6 is 0 Å². The maximum Gasteiger partial charge on any atom is 0.305 e. The molecular formula is C20H30O3. The Morgan fingerprint density at radius 3 is 2.57 bits per heavy atom. The highest BCUT2D eigenvalue weighted by Crippen LogP contribution is 2.41. The molecule has 1 saturated heterocycles. The molecule has 3 nitrogen and oxygen atoms in total. The van der Waals surface area contributed by atoms with Crippen LogP contribution < -0.4 is 0 Å². The van der Waals surface area contributed by atoms with Crippen molar-refractivity contribution in [2.75, 3.05) is 6.61 Å². The molecule has 2 rings (SSSR count). The maximum atomic E-state index is 11.4. The van der Waals surface area contributed by atoms with Gasteiger partial charge in [0.2, 0.25) is 0 Å². The lowest BCUT2D eigenvalue weighted by Gasteiger charge is -2.03. The average Bonchev–Trinajstić information content (AvgIpc) is 3.35. The predicted octanol–water partition coefficient (Wildman–Crippen LogP) is 5.20. The minimum atomic E-state index is -0.0319. The summed E-state index contributed by atoms with van der Waals surface area (Å²) in [4.78, 5) is 11.4. The van der Waals surface area contributed by atoms with Crippen LogP contribution in [0.1, 0.15) is 76.4 Å². The van der Waals surface area contributed by atoms with Gasteiger partial charge in [0.1, 0.15) is 6.10 Å². The van der Waals surface area contributed by atoms with Gasteiger partial charge in [-0.1, -0.05) is 69.4 Å². The van der Waals surface area contributed by atoms with Crippen molar-refractivity contribution in [3.63, 3.8) is 0 Å². The first-order chi connectivity index (χ1) is 11.3. The fourth-order valence-electron chi connectivity index (χ4n) is 2.85. The lowest BCUT2D eigenvalue weighted by molar-refractivity contribution is -0.143. The number of hydrogen-bond acceptors (Lipinski definition) is 3. The van der Waals surface area contributed by atoms with Gasteiger partial charge in [0.05, 0.1) is 12.7 Å². The van der Waals surface area contributed by atoms with Crippen LogP contribution in [0, 0.1) is 0 Å². The molecule has 1 aromatic carbocycles. The first-order valence-corrected chi connectivity index (χ1v) is 9.17. The molecule has 0 radical (unpaired) electrons. The number of epoxide rings is 1. The third kappa shape index (κ3) is 7.17. The largest absolute Gasteiger partial charge is 0.466 e. The van der Waals surface area contributed by atoms with E-state index in [1.54, 1.807) is 0 Å². The molecule has 2 unspecified atom stereocenters. The van der Waals surface area contributed by atoms with Crippen molar-refractivity contribution in [3.05, 3.63) is 35.9 Å². The van der Waals surface area contributed by atoms with E-state index in [9.17, 15) is 4.79 Å². The van der Waals surface area contributed by atoms with Gasteiger partial charge in [0.15, 0.2) is 0 Å². The van der Waals surface area contributed by atoms with Crippen LogP contribution in [0.5, 0.6) is 0 Å². The molecule has 128 valence electrons. The Balaban J connectivity index is 1.40. The van der Waals surface area contributed by atoms with Crippen molar-refractivity contribution < 1.29 is 14.3 Å². The zero-order chi connectivity index (χ0) is 16.3. The number of rotatable bonds is 12. The molecular weight excluding hydrogens is 288 g/mol. The van der Waals surface area contributed by atoms with Gasteiger partial charge < -0.3 is 9.47 Å². The van der Waals surface area contributed by atoms with Gasteiger partial charge in [-0.2, -0.15) is 0 Å². The number of benzene rings is 1. The number of esters is 1. The average molecular weight is 318 g/mol. The van der Waals surface area contributed by atoms with Gasteiger partial charge in [-0.15, -0.1) is 0 Å². The fourth-order valence-corrected chi connectivity index (χ4v) is 2.85. The van der Waals surface area contributed by atoms with Crippen LogP contribution in [0.15, 0.2) is 30.3 Å². The molecule has 0 bridgehead atoms. The summed E-state index contributed by atoms with van der Waals surface area (Å²) in [6, 6.07) is 10.5. The Bertz CT molecular complexity index is 443. The van der Waals surface area contributed by atoms with Crippen LogP contribution in [0.3, 0.4) is 0 Å². The monoisotopic (exact) mass is 318 g/mol. The summed E-state index contributed by atoms with van der Waals surface area (Å²) >= 11 is 0. The van der Waals surface area contributed by atoms with E-state index < -0.39 is 0 Å². The van der Waals surface area contributed by atoms with E-state index in [0.717, 1.165) is 32.1 Å². The standard InChI is InChI=1S/C20H30O3/c1-2-3-16-22-19(21)15-11-6-4-5-10-14-18-20(23-18)17-12-8-7-9-13-17/h7-9,12-13,18,20H,2-6,10-11,14-16H2,1H3. The summed E-state index contributed by atoms with van der Waals surface area (Å²) < 4.78 is 10.9. The van der Waals surface area contributed by atoms with Crippen molar-refractivity contribution in [2.45, 2.75) is 76.9 Å². The highest BCUT2D eigenvalue weighted by Gasteiger charge is 2.38. The zero-order valence-corrected chi connectivity index (χ0v) is 14.3. The van der Waals surface area contributed by atoms with Gasteiger partial charge in [-0.05, 0) is 24.8 Å². The predicted molar refractivity (Wildman–Crippen MR) is 92.2 cm³/mol. The van der Waals surface area contributed by atoms with Crippen LogP contribution in [0.2, 0.25) is 0 Å². The summed E-state index contributed by atoms with van der Waals surface area (Å²) in [5, 5.41) is 0. The van der Waals surface area contributed by atoms with Gasteiger partial charge in [0, 0.05) is 6.42 Å². The number of ether oxygens (including phenoxy) is 2. The SMILES string of the molecule is CCCCOC(=O)CCCCCCCC1OC1c1ccccc1. The summed E-state index contributed by atoms with van der Waals surface area (Å²) in [5.41, 5.74) is 1.30. The molecule has 0 aromatic heterocycles. The van der Waals surface area contributed by atoms with E-state index in [1.807, 2.05) is 6.07 Å². The summed E-state index contributed by atoms with van der Waals surface area (Å²) in [5.74, 6) is -0.0319. The Kier molecular flexibility index (Phi) is 8.16. The summed E-state index contributed by atoms with van der Waals surface area (Å²) in [7, 11) is 0. The minimum absolute atomic E-state index is 0.0319. The summed E-state index contributed by atoms with van der Waals surface area (Å²) in [6.07, 6.45) is 10.2. The molecule has 1 heterocycles. The normalized spacial score (nSPS) is 19.5. The van der Waals surface area contributed by atoms with E-state index >= 15 is 0 Å². The molecule has 2 atom stereocenters. The summed E-state index contributed by atoms with van der Waals surface area (Å²) in [6.45, 7) is 2.68. The van der Waals surface area contributed by atoms with E-state index in [1.165, 1.54) is 24.8 Å². The van der Waals surface area contributed by atoms with Gasteiger partial charge in [-0.25, -0.2) is 0 Å². The first-order valence-electron chi connectivity index (χ1n) is 9.17. The second-order valence-corrected chi connectivity index (χ2v) is 6.39. The van der Waals surface area contributed by atoms with Gasteiger partial charge >= 0.3 is 5.97 Å². The van der Waals surface area contributed by atoms with E-state index in [4.69, 9.17) is 9.47 Å². The lowest BCUT2D eigenvalue weighted by Crippen LogP contribution is -2.05. The molecule has 1 aliphatic heterocycles. The smallest absolute Gasteiger partial charge is 0.305 e. The molecule has 1 aromatic rings. The topological polar surface area (TPSA) is 38.8 Å². The molecule has 1 fully saturated rings. The van der Waals surface area contributed by atoms with E-state index in [0.29, 0.717) is 25.2 Å². The fraction of sp³-hybridized carbons (Fsp3) is 0.650. The minimum Gasteiger partial charge on any atom is -0.466 e. The van der Waals surface area contributed by atoms with Crippen molar-refractivity contribution in [1.29, 1.82) is 0 Å². The van der Waals surface area contributed by atoms with Crippen molar-refractivity contribution >= 4 is 5.97 Å². The highest BCUT2D eigenvalue weighted by molar-refractivity contribution is 5.69. The molecule has 0 amide bonds. The zero-order valence-electron chi connectivity index (χ0n) is 14.3. The lowest BCUT2D eigenvalue weighted by atomic mass is 10.0. The maximum absolute atomic E-state index is 11.4. The Morgan fingerprint density at radius 1 is 1.04 bits per heavy atom. The van der Waals surface area contributed by atoms with Gasteiger partial charge in [-0.3, -0.25) is 4.79 Å². The molecule has 0 aliphatic carbocycles. The van der Waals surface area contributed by atoms with Crippen molar-refractivity contribution in [3.8, 4) is 0 Å². The van der Waals surface area contributed by atoms with E-state index in [2.05, 4.69) is 31.2 Å². The number of carbonyl (C=O) groups excluding carboxylic acids is 1. The Morgan fingerprint density at radius 2 is 1.78 bits per heavy atom. The molecule has 3 heteroatoms. The van der Waals surface area contributed by atoms with Crippen LogP contribution in [-0.2, 0) is 14.3 Å². The molecule has 0 saturated carbocycles. The second kappa shape index (κ2) is 10.4.